The van der Waals surface area contributed by atoms with Crippen molar-refractivity contribution in [2.24, 2.45) is 5.92 Å². The lowest BCUT2D eigenvalue weighted by Crippen LogP contribution is -2.36. The summed E-state index contributed by atoms with van der Waals surface area (Å²) in [5.41, 5.74) is 3.12. The third-order valence-corrected chi connectivity index (χ3v) is 4.87. The van der Waals surface area contributed by atoms with Crippen molar-refractivity contribution < 1.29 is 9.13 Å². The standard InChI is InChI=1S/C18H17ClFNO/c19-12-6-7-16-15(10-12)18-14(5-2-8-22-18)17(21-16)11-3-1-4-13(20)9-11/h1,3-4,6-7,9-10,14,17-18,21H,2,5,8H2/t14-,17-,18-/m0/s1. The first kappa shape index (κ1) is 14.0. The monoisotopic (exact) mass is 317 g/mol. The molecule has 1 N–H and O–H groups in total. The minimum Gasteiger partial charge on any atom is -0.378 e. The van der Waals surface area contributed by atoms with E-state index in [1.165, 1.54) is 6.07 Å². The maximum Gasteiger partial charge on any atom is 0.123 e. The highest BCUT2D eigenvalue weighted by Gasteiger charge is 2.39. The van der Waals surface area contributed by atoms with E-state index in [4.69, 9.17) is 16.3 Å². The summed E-state index contributed by atoms with van der Waals surface area (Å²) in [6.07, 6.45) is 2.12. The Bertz CT molecular complexity index is 705. The number of ether oxygens (including phenoxy) is 1. The van der Waals surface area contributed by atoms with E-state index in [0.717, 1.165) is 41.3 Å². The largest absolute Gasteiger partial charge is 0.378 e. The van der Waals surface area contributed by atoms with Crippen LogP contribution in [0.25, 0.3) is 0 Å². The summed E-state index contributed by atoms with van der Waals surface area (Å²) in [5.74, 6) is 0.0935. The second-order valence-corrected chi connectivity index (χ2v) is 6.44. The lowest BCUT2D eigenvalue weighted by Gasteiger charge is -2.43. The van der Waals surface area contributed by atoms with E-state index in [-0.39, 0.29) is 18.0 Å². The van der Waals surface area contributed by atoms with Crippen molar-refractivity contribution in [2.75, 3.05) is 11.9 Å². The number of nitrogens with one attached hydrogen (secondary N) is 1. The van der Waals surface area contributed by atoms with Gasteiger partial charge >= 0.3 is 0 Å². The number of halogens is 2. The fourth-order valence-electron chi connectivity index (χ4n) is 3.67. The number of anilines is 1. The highest BCUT2D eigenvalue weighted by atomic mass is 35.5. The Hall–Kier alpha value is -1.58. The van der Waals surface area contributed by atoms with Crippen LogP contribution in [0.2, 0.25) is 5.02 Å². The van der Waals surface area contributed by atoms with Gasteiger partial charge in [-0.1, -0.05) is 23.7 Å². The first-order valence-corrected chi connectivity index (χ1v) is 8.03. The predicted molar refractivity (Wildman–Crippen MR) is 85.6 cm³/mol. The molecule has 2 nitrogen and oxygen atoms in total. The average Bonchev–Trinajstić information content (AvgIpc) is 2.54. The van der Waals surface area contributed by atoms with Crippen LogP contribution in [0.5, 0.6) is 0 Å². The van der Waals surface area contributed by atoms with Crippen LogP contribution in [0.4, 0.5) is 10.1 Å². The summed E-state index contributed by atoms with van der Waals surface area (Å²) in [7, 11) is 0. The summed E-state index contributed by atoms with van der Waals surface area (Å²) in [4.78, 5) is 0. The van der Waals surface area contributed by atoms with Gasteiger partial charge in [0, 0.05) is 28.8 Å². The minimum atomic E-state index is -0.200. The van der Waals surface area contributed by atoms with Gasteiger partial charge in [0.05, 0.1) is 12.1 Å². The molecule has 4 heteroatoms. The van der Waals surface area contributed by atoms with Crippen molar-refractivity contribution in [1.82, 2.24) is 0 Å². The van der Waals surface area contributed by atoms with Gasteiger partial charge in [0.2, 0.25) is 0 Å². The van der Waals surface area contributed by atoms with Gasteiger partial charge in [0.1, 0.15) is 5.82 Å². The summed E-state index contributed by atoms with van der Waals surface area (Å²) in [6.45, 7) is 0.767. The molecular weight excluding hydrogens is 301 g/mol. The van der Waals surface area contributed by atoms with E-state index >= 15 is 0 Å². The second kappa shape index (κ2) is 5.56. The first-order valence-electron chi connectivity index (χ1n) is 7.65. The zero-order chi connectivity index (χ0) is 15.1. The van der Waals surface area contributed by atoms with E-state index in [1.807, 2.05) is 24.3 Å². The number of rotatable bonds is 1. The molecule has 2 heterocycles. The fraction of sp³-hybridized carbons (Fsp3) is 0.333. The maximum absolute atomic E-state index is 13.6. The molecule has 0 aromatic heterocycles. The lowest BCUT2D eigenvalue weighted by molar-refractivity contribution is -0.0381. The highest BCUT2D eigenvalue weighted by Crippen LogP contribution is 2.49. The van der Waals surface area contributed by atoms with Crippen molar-refractivity contribution in [3.05, 3.63) is 64.4 Å². The number of hydrogen-bond donors (Lipinski definition) is 1. The molecule has 2 aliphatic rings. The van der Waals surface area contributed by atoms with Gasteiger partial charge in [-0.05, 0) is 48.7 Å². The summed E-state index contributed by atoms with van der Waals surface area (Å²) in [5, 5.41) is 4.28. The molecule has 22 heavy (non-hydrogen) atoms. The number of benzene rings is 2. The van der Waals surface area contributed by atoms with Gasteiger partial charge in [-0.25, -0.2) is 4.39 Å². The van der Waals surface area contributed by atoms with Gasteiger partial charge in [-0.2, -0.15) is 0 Å². The fourth-order valence-corrected chi connectivity index (χ4v) is 3.85. The van der Waals surface area contributed by atoms with Crippen molar-refractivity contribution in [3.63, 3.8) is 0 Å². The van der Waals surface area contributed by atoms with Crippen LogP contribution in [0.15, 0.2) is 42.5 Å². The quantitative estimate of drug-likeness (QED) is 0.788. The van der Waals surface area contributed by atoms with Gasteiger partial charge in [-0.3, -0.25) is 0 Å². The number of fused-ring (bicyclic) bond motifs is 3. The lowest BCUT2D eigenvalue weighted by atomic mass is 9.77. The molecule has 3 atom stereocenters. The zero-order valence-electron chi connectivity index (χ0n) is 12.1. The molecule has 0 aliphatic carbocycles. The topological polar surface area (TPSA) is 21.3 Å². The van der Waals surface area contributed by atoms with E-state index in [1.54, 1.807) is 12.1 Å². The van der Waals surface area contributed by atoms with Crippen molar-refractivity contribution in [1.29, 1.82) is 0 Å². The highest BCUT2D eigenvalue weighted by molar-refractivity contribution is 6.30. The van der Waals surface area contributed by atoms with Gasteiger partial charge in [-0.15, -0.1) is 0 Å². The Morgan fingerprint density at radius 1 is 1.18 bits per heavy atom. The molecule has 0 radical (unpaired) electrons. The van der Waals surface area contributed by atoms with Crippen LogP contribution < -0.4 is 5.32 Å². The van der Waals surface area contributed by atoms with Crippen LogP contribution in [0, 0.1) is 11.7 Å². The minimum absolute atomic E-state index is 0.0250. The van der Waals surface area contributed by atoms with E-state index < -0.39 is 0 Å². The Kier molecular flexibility index (Phi) is 3.55. The van der Waals surface area contributed by atoms with Gasteiger partial charge in [0.15, 0.2) is 0 Å². The summed E-state index contributed by atoms with van der Waals surface area (Å²) >= 11 is 6.15. The molecule has 114 valence electrons. The summed E-state index contributed by atoms with van der Waals surface area (Å²) < 4.78 is 19.7. The molecule has 2 aromatic rings. The van der Waals surface area contributed by atoms with Crippen molar-refractivity contribution in [3.8, 4) is 0 Å². The molecule has 0 amide bonds. The average molecular weight is 318 g/mol. The predicted octanol–water partition coefficient (Wildman–Crippen LogP) is 5.11. The van der Waals surface area contributed by atoms with Crippen LogP contribution in [0.3, 0.4) is 0 Å². The van der Waals surface area contributed by atoms with E-state index in [2.05, 4.69) is 5.32 Å². The SMILES string of the molecule is Fc1cccc([C@@H]2Nc3ccc(Cl)cc3[C@H]3OCCC[C@H]32)c1. The Labute approximate surface area is 134 Å². The first-order chi connectivity index (χ1) is 10.7. The Morgan fingerprint density at radius 3 is 2.95 bits per heavy atom. The molecule has 0 bridgehead atoms. The third kappa shape index (κ3) is 2.38. The van der Waals surface area contributed by atoms with Crippen LogP contribution in [0.1, 0.15) is 36.1 Å². The molecule has 1 fully saturated rings. The normalized spacial score (nSPS) is 26.7. The van der Waals surface area contributed by atoms with E-state index in [0.29, 0.717) is 5.92 Å². The van der Waals surface area contributed by atoms with E-state index in [9.17, 15) is 4.39 Å². The molecule has 2 aromatic carbocycles. The second-order valence-electron chi connectivity index (χ2n) is 6.01. The molecular formula is C18H17ClFNO. The molecule has 2 aliphatic heterocycles. The van der Waals surface area contributed by atoms with Crippen LogP contribution >= 0.6 is 11.6 Å². The van der Waals surface area contributed by atoms with Crippen LogP contribution in [-0.2, 0) is 4.74 Å². The van der Waals surface area contributed by atoms with Crippen molar-refractivity contribution >= 4 is 17.3 Å². The summed E-state index contributed by atoms with van der Waals surface area (Å²) in [6, 6.07) is 12.7. The number of hydrogen-bond acceptors (Lipinski definition) is 2. The molecule has 0 spiro atoms. The molecule has 1 saturated heterocycles. The molecule has 0 unspecified atom stereocenters. The third-order valence-electron chi connectivity index (χ3n) is 4.64. The molecule has 0 saturated carbocycles. The van der Waals surface area contributed by atoms with Gasteiger partial charge in [0.25, 0.3) is 0 Å². The smallest absolute Gasteiger partial charge is 0.123 e. The maximum atomic E-state index is 13.6. The Morgan fingerprint density at radius 2 is 2.09 bits per heavy atom. The van der Waals surface area contributed by atoms with Crippen molar-refractivity contribution in [2.45, 2.75) is 25.0 Å². The Balaban J connectivity index is 1.79. The van der Waals surface area contributed by atoms with Crippen LogP contribution in [-0.4, -0.2) is 6.61 Å². The molecule has 4 rings (SSSR count). The van der Waals surface area contributed by atoms with Gasteiger partial charge < -0.3 is 10.1 Å². The zero-order valence-corrected chi connectivity index (χ0v) is 12.8.